The van der Waals surface area contributed by atoms with E-state index in [1.165, 1.54) is 36.4 Å². The van der Waals surface area contributed by atoms with Crippen LogP contribution in [0.15, 0.2) is 60.7 Å². The lowest BCUT2D eigenvalue weighted by Gasteiger charge is -2.28. The third kappa shape index (κ3) is 6.26. The number of nitrogens with zero attached hydrogens (tertiary/aromatic N) is 4. The van der Waals surface area contributed by atoms with Gasteiger partial charge in [-0.25, -0.2) is 9.97 Å². The number of rotatable bonds is 3. The van der Waals surface area contributed by atoms with Gasteiger partial charge in [-0.3, -0.25) is 0 Å². The number of anilines is 4. The second kappa shape index (κ2) is 12.4. The standard InChI is InChI=1S/C16H13F2N3O2.C9H10ClN3.C7H4BF2O4/c17-16(18)22-13-3-1-2-10(14(13)23-16)11-4-5-12-15(20-11)19-9-6-7-21(12)8-9;10-8-2-1-7-9(12-8)11-6-3-4-13(7)5-6;9-7(10)12-4-2-1-3-5(14-8-11)6(4)13-7/h1-5,9H,6-8H2,(H,19,20);1-2,6H,3-5H2,(H,11,12);1-3,11H/t9-;6-;/m00./s1. The Hall–Kier alpha value is -5.03. The van der Waals surface area contributed by atoms with E-state index in [4.69, 9.17) is 16.6 Å². The topological polar surface area (TPSA) is 123 Å². The largest absolute Gasteiger partial charge is 0.586 e. The molecule has 10 rings (SSSR count). The molecule has 4 aromatic rings. The summed E-state index contributed by atoms with van der Waals surface area (Å²) in [5.41, 5.74) is 3.32. The zero-order valence-electron chi connectivity index (χ0n) is 25.9. The number of para-hydroxylation sites is 2. The lowest BCUT2D eigenvalue weighted by molar-refractivity contribution is -0.287. The van der Waals surface area contributed by atoms with Crippen molar-refractivity contribution in [2.75, 3.05) is 46.6 Å². The van der Waals surface area contributed by atoms with Gasteiger partial charge in [0.25, 0.3) is 0 Å². The van der Waals surface area contributed by atoms with E-state index < -0.39 is 12.6 Å². The number of ether oxygens (including phenoxy) is 4. The monoisotopic (exact) mass is 713 g/mol. The summed E-state index contributed by atoms with van der Waals surface area (Å²) in [7, 11) is 0.370. The van der Waals surface area contributed by atoms with Crippen LogP contribution in [-0.4, -0.2) is 73.5 Å². The van der Waals surface area contributed by atoms with Crippen LogP contribution in [0.3, 0.4) is 0 Å². The van der Waals surface area contributed by atoms with Crippen LogP contribution in [0.1, 0.15) is 12.8 Å². The van der Waals surface area contributed by atoms with Crippen molar-refractivity contribution >= 4 is 42.3 Å². The Labute approximate surface area is 288 Å². The fraction of sp³-hybridized carbons (Fsp3) is 0.312. The first-order valence-electron chi connectivity index (χ1n) is 15.7. The SMILES string of the molecule is Clc1ccc2c(n1)N[C@H]1CCN2C1.FC1(F)Oc2cccc(-c3ccc4c(n3)N[C@H]3CCN4C3)c2O1.O[B]Oc1cccc2c1OC(F)(F)O2. The molecule has 8 heterocycles. The first kappa shape index (κ1) is 32.2. The minimum absolute atomic E-state index is 0.0313. The number of pyridine rings is 2. The van der Waals surface area contributed by atoms with Crippen LogP contribution in [-0.2, 0) is 0 Å². The number of alkyl halides is 4. The molecule has 1 radical (unpaired) electrons. The van der Waals surface area contributed by atoms with E-state index in [1.54, 1.807) is 12.1 Å². The predicted octanol–water partition coefficient (Wildman–Crippen LogP) is 5.73. The third-order valence-corrected chi connectivity index (χ3v) is 8.94. The second-order valence-corrected chi connectivity index (χ2v) is 12.4. The average molecular weight is 714 g/mol. The van der Waals surface area contributed by atoms with Crippen molar-refractivity contribution in [2.45, 2.75) is 37.5 Å². The highest BCUT2D eigenvalue weighted by Crippen LogP contribution is 2.48. The zero-order valence-corrected chi connectivity index (χ0v) is 26.7. The average Bonchev–Trinajstić information content (AvgIpc) is 3.83. The van der Waals surface area contributed by atoms with Gasteiger partial charge in [0.15, 0.2) is 28.9 Å². The number of benzene rings is 2. The Morgan fingerprint density at radius 3 is 2.00 bits per heavy atom. The molecule has 0 aliphatic carbocycles. The van der Waals surface area contributed by atoms with Crippen LogP contribution < -0.4 is 44.0 Å². The number of aromatic nitrogens is 2. The smallest absolute Gasteiger partial charge is 0.535 e. The number of nitrogens with one attached hydrogen (secondary N) is 2. The molecule has 6 aliphatic rings. The van der Waals surface area contributed by atoms with Crippen molar-refractivity contribution in [2.24, 2.45) is 0 Å². The van der Waals surface area contributed by atoms with Crippen LogP contribution in [0.5, 0.6) is 28.7 Å². The van der Waals surface area contributed by atoms with E-state index in [0.29, 0.717) is 36.2 Å². The molecule has 18 heteroatoms. The third-order valence-electron chi connectivity index (χ3n) is 8.73. The maximum atomic E-state index is 13.3. The summed E-state index contributed by atoms with van der Waals surface area (Å²) in [5, 5.41) is 15.7. The van der Waals surface area contributed by atoms with Crippen molar-refractivity contribution in [3.05, 3.63) is 65.8 Å². The number of halogens is 5. The fourth-order valence-electron chi connectivity index (χ4n) is 6.60. The Balaban J connectivity index is 0.000000115. The lowest BCUT2D eigenvalue weighted by Crippen LogP contribution is -2.32. The summed E-state index contributed by atoms with van der Waals surface area (Å²) in [6, 6.07) is 17.6. The van der Waals surface area contributed by atoms with E-state index in [9.17, 15) is 17.6 Å². The number of hydrogen-bond donors (Lipinski definition) is 3. The summed E-state index contributed by atoms with van der Waals surface area (Å²) in [6.45, 7) is 4.23. The molecule has 2 aromatic carbocycles. The molecule has 0 saturated carbocycles. The quantitative estimate of drug-likeness (QED) is 0.137. The van der Waals surface area contributed by atoms with Gasteiger partial charge in [0.05, 0.1) is 17.1 Å². The van der Waals surface area contributed by atoms with Crippen LogP contribution >= 0.6 is 11.6 Å². The van der Waals surface area contributed by atoms with Crippen molar-refractivity contribution in [3.8, 4) is 40.0 Å². The molecule has 50 heavy (non-hydrogen) atoms. The maximum absolute atomic E-state index is 13.3. The fourth-order valence-corrected chi connectivity index (χ4v) is 6.75. The van der Waals surface area contributed by atoms with Crippen molar-refractivity contribution in [1.82, 2.24) is 9.97 Å². The predicted molar refractivity (Wildman–Crippen MR) is 175 cm³/mol. The number of hydrogen-bond acceptors (Lipinski definition) is 12. The van der Waals surface area contributed by atoms with Gasteiger partial charge in [0, 0.05) is 43.8 Å². The minimum atomic E-state index is -3.68. The first-order valence-corrected chi connectivity index (χ1v) is 16.0. The molecular weight excluding hydrogens is 687 g/mol. The van der Waals surface area contributed by atoms with E-state index in [0.717, 1.165) is 49.9 Å². The van der Waals surface area contributed by atoms with Gasteiger partial charge in [0.2, 0.25) is 5.75 Å². The van der Waals surface area contributed by atoms with E-state index in [1.807, 2.05) is 24.3 Å². The molecule has 0 spiro atoms. The normalized spacial score (nSPS) is 21.3. The number of fused-ring (bicyclic) bond motifs is 10. The molecule has 259 valence electrons. The summed E-state index contributed by atoms with van der Waals surface area (Å²) in [6.07, 6.45) is -5.03. The summed E-state index contributed by atoms with van der Waals surface area (Å²) in [5.74, 6) is 1.40. The summed E-state index contributed by atoms with van der Waals surface area (Å²) in [4.78, 5) is 13.5. The summed E-state index contributed by atoms with van der Waals surface area (Å²) >= 11 is 5.82. The minimum Gasteiger partial charge on any atom is -0.535 e. The van der Waals surface area contributed by atoms with E-state index >= 15 is 0 Å². The van der Waals surface area contributed by atoms with Crippen molar-refractivity contribution in [1.29, 1.82) is 0 Å². The van der Waals surface area contributed by atoms with Gasteiger partial charge in [-0.05, 0) is 61.4 Å². The van der Waals surface area contributed by atoms with E-state index in [2.05, 4.69) is 54.0 Å². The Kier molecular flexibility index (Phi) is 7.98. The highest BCUT2D eigenvalue weighted by Gasteiger charge is 2.46. The highest BCUT2D eigenvalue weighted by atomic mass is 35.5. The Bertz CT molecular complexity index is 1950. The van der Waals surface area contributed by atoms with Gasteiger partial charge < -0.3 is 49.1 Å². The van der Waals surface area contributed by atoms with Crippen LogP contribution in [0.4, 0.5) is 40.6 Å². The molecule has 2 aromatic heterocycles. The van der Waals surface area contributed by atoms with Crippen molar-refractivity contribution in [3.63, 3.8) is 0 Å². The molecule has 12 nitrogen and oxygen atoms in total. The Morgan fingerprint density at radius 1 is 0.760 bits per heavy atom. The molecule has 0 amide bonds. The molecule has 2 atom stereocenters. The van der Waals surface area contributed by atoms with E-state index in [-0.39, 0.29) is 28.7 Å². The molecule has 4 bridgehead atoms. The zero-order chi connectivity index (χ0) is 34.6. The lowest BCUT2D eigenvalue weighted by atomic mass is 10.1. The molecule has 6 aliphatic heterocycles. The van der Waals surface area contributed by atoms with Gasteiger partial charge in [-0.1, -0.05) is 23.7 Å². The second-order valence-electron chi connectivity index (χ2n) is 12.0. The van der Waals surface area contributed by atoms with Gasteiger partial charge in [0.1, 0.15) is 10.9 Å². The molecule has 2 saturated heterocycles. The van der Waals surface area contributed by atoms with Gasteiger partial charge >= 0.3 is 20.3 Å². The molecule has 2 fully saturated rings. The highest BCUT2D eigenvalue weighted by molar-refractivity contribution is 6.29. The van der Waals surface area contributed by atoms with Crippen LogP contribution in [0, 0.1) is 0 Å². The van der Waals surface area contributed by atoms with Crippen LogP contribution in [0.25, 0.3) is 11.3 Å². The maximum Gasteiger partial charge on any atom is 0.586 e. The molecule has 0 unspecified atom stereocenters. The molecule has 3 N–H and O–H groups in total. The van der Waals surface area contributed by atoms with Gasteiger partial charge in [-0.2, -0.15) is 0 Å². The first-order chi connectivity index (χ1) is 24.0. The Morgan fingerprint density at radius 2 is 1.34 bits per heavy atom. The van der Waals surface area contributed by atoms with Crippen LogP contribution in [0.2, 0.25) is 5.15 Å². The van der Waals surface area contributed by atoms with Gasteiger partial charge in [-0.15, -0.1) is 17.6 Å². The molecular formula is C32H27BClF4N6O6. The van der Waals surface area contributed by atoms with Crippen molar-refractivity contribution < 1.29 is 46.2 Å². The summed E-state index contributed by atoms with van der Waals surface area (Å²) < 4.78 is 73.8.